The number of rotatable bonds is 2. The molecule has 1 aromatic heterocycles. The first kappa shape index (κ1) is 12.1. The molecule has 2 N–H and O–H groups in total. The number of pyridine rings is 1. The van der Waals surface area contributed by atoms with Crippen molar-refractivity contribution < 1.29 is 4.79 Å². The van der Waals surface area contributed by atoms with Crippen LogP contribution in [0.4, 0.5) is 0 Å². The highest BCUT2D eigenvalue weighted by atomic mass is 16.1. The molecular formula is C15H17N3O. The van der Waals surface area contributed by atoms with Gasteiger partial charge in [0.25, 0.3) is 5.91 Å². The van der Waals surface area contributed by atoms with Crippen molar-refractivity contribution in [3.8, 4) is 0 Å². The van der Waals surface area contributed by atoms with Crippen molar-refractivity contribution in [1.82, 2.24) is 15.6 Å². The van der Waals surface area contributed by atoms with Gasteiger partial charge in [-0.15, -0.1) is 0 Å². The van der Waals surface area contributed by atoms with Crippen molar-refractivity contribution in [1.29, 1.82) is 0 Å². The van der Waals surface area contributed by atoms with E-state index in [0.717, 1.165) is 36.8 Å². The predicted octanol–water partition coefficient (Wildman–Crippen LogP) is 1.72. The molecule has 2 heterocycles. The van der Waals surface area contributed by atoms with Crippen LogP contribution in [0.5, 0.6) is 0 Å². The lowest BCUT2D eigenvalue weighted by atomic mass is 10.0. The van der Waals surface area contributed by atoms with E-state index in [4.69, 9.17) is 0 Å². The minimum Gasteiger partial charge on any atom is -0.349 e. The zero-order chi connectivity index (χ0) is 13.1. The van der Waals surface area contributed by atoms with Gasteiger partial charge in [-0.1, -0.05) is 18.2 Å². The van der Waals surface area contributed by atoms with Gasteiger partial charge in [0, 0.05) is 17.6 Å². The number of piperidine rings is 1. The molecule has 0 saturated carbocycles. The fourth-order valence-corrected chi connectivity index (χ4v) is 2.52. The Hall–Kier alpha value is -1.94. The fraction of sp³-hybridized carbons (Fsp3) is 0.333. The third-order valence-corrected chi connectivity index (χ3v) is 3.55. The quantitative estimate of drug-likeness (QED) is 0.859. The van der Waals surface area contributed by atoms with Gasteiger partial charge >= 0.3 is 0 Å². The molecule has 0 radical (unpaired) electrons. The number of hydrogen-bond donors (Lipinski definition) is 2. The van der Waals surface area contributed by atoms with Crippen LogP contribution in [-0.2, 0) is 0 Å². The zero-order valence-corrected chi connectivity index (χ0v) is 10.7. The molecule has 1 saturated heterocycles. The second-order valence-electron chi connectivity index (χ2n) is 4.88. The minimum atomic E-state index is -0.0174. The van der Waals surface area contributed by atoms with Crippen LogP contribution in [0.15, 0.2) is 36.5 Å². The van der Waals surface area contributed by atoms with E-state index in [1.165, 1.54) is 0 Å². The lowest BCUT2D eigenvalue weighted by Crippen LogP contribution is -2.42. The van der Waals surface area contributed by atoms with Crippen molar-refractivity contribution in [2.75, 3.05) is 13.1 Å². The van der Waals surface area contributed by atoms with Gasteiger partial charge in [0.05, 0.1) is 11.1 Å². The van der Waals surface area contributed by atoms with E-state index in [9.17, 15) is 4.79 Å². The average Bonchev–Trinajstić information content (AvgIpc) is 2.47. The Balaban J connectivity index is 1.85. The molecule has 1 aliphatic rings. The summed E-state index contributed by atoms with van der Waals surface area (Å²) in [5.74, 6) is -0.0174. The molecule has 0 spiro atoms. The van der Waals surface area contributed by atoms with Crippen LogP contribution < -0.4 is 10.6 Å². The van der Waals surface area contributed by atoms with E-state index in [2.05, 4.69) is 15.6 Å². The molecule has 0 bridgehead atoms. The van der Waals surface area contributed by atoms with Gasteiger partial charge in [-0.2, -0.15) is 0 Å². The maximum absolute atomic E-state index is 12.4. The first-order valence-corrected chi connectivity index (χ1v) is 6.70. The van der Waals surface area contributed by atoms with Crippen molar-refractivity contribution in [3.05, 3.63) is 42.1 Å². The number of carbonyl (C=O) groups excluding carboxylic acids is 1. The highest BCUT2D eigenvalue weighted by Gasteiger charge is 2.17. The fourth-order valence-electron chi connectivity index (χ4n) is 2.52. The molecule has 4 heteroatoms. The summed E-state index contributed by atoms with van der Waals surface area (Å²) in [6, 6.07) is 9.85. The Labute approximate surface area is 112 Å². The maximum Gasteiger partial charge on any atom is 0.253 e. The number of fused-ring (bicyclic) bond motifs is 1. The number of benzene rings is 1. The van der Waals surface area contributed by atoms with E-state index >= 15 is 0 Å². The summed E-state index contributed by atoms with van der Waals surface area (Å²) in [6.07, 6.45) is 3.71. The standard InChI is InChI=1S/C15H17N3O/c19-15(18-12-6-9-16-10-7-12)13-5-1-3-11-4-2-8-17-14(11)13/h1-5,8,12,16H,6-7,9-10H2,(H,18,19). The Morgan fingerprint density at radius 3 is 2.84 bits per heavy atom. The maximum atomic E-state index is 12.4. The number of carbonyl (C=O) groups is 1. The van der Waals surface area contributed by atoms with Crippen molar-refractivity contribution in [2.24, 2.45) is 0 Å². The Morgan fingerprint density at radius 2 is 2.00 bits per heavy atom. The SMILES string of the molecule is O=C(NC1CCNCC1)c1cccc2cccnc12. The van der Waals surface area contributed by atoms with Gasteiger partial charge in [-0.05, 0) is 38.1 Å². The molecule has 1 fully saturated rings. The largest absolute Gasteiger partial charge is 0.349 e. The predicted molar refractivity (Wildman–Crippen MR) is 75.1 cm³/mol. The molecule has 19 heavy (non-hydrogen) atoms. The first-order chi connectivity index (χ1) is 9.34. The molecule has 0 aliphatic carbocycles. The second-order valence-corrected chi connectivity index (χ2v) is 4.88. The van der Waals surface area contributed by atoms with Crippen LogP contribution in [0.3, 0.4) is 0 Å². The van der Waals surface area contributed by atoms with E-state index in [1.54, 1.807) is 6.20 Å². The topological polar surface area (TPSA) is 54.0 Å². The van der Waals surface area contributed by atoms with Crippen molar-refractivity contribution in [3.63, 3.8) is 0 Å². The molecule has 98 valence electrons. The molecule has 0 unspecified atom stereocenters. The third kappa shape index (κ3) is 2.58. The number of para-hydroxylation sites is 1. The van der Waals surface area contributed by atoms with Crippen LogP contribution in [0.1, 0.15) is 23.2 Å². The van der Waals surface area contributed by atoms with E-state index < -0.39 is 0 Å². The normalized spacial score (nSPS) is 16.4. The summed E-state index contributed by atoms with van der Waals surface area (Å²) in [5.41, 5.74) is 1.44. The van der Waals surface area contributed by atoms with Crippen molar-refractivity contribution >= 4 is 16.8 Å². The van der Waals surface area contributed by atoms with E-state index in [0.29, 0.717) is 5.56 Å². The van der Waals surface area contributed by atoms with Gasteiger partial charge in [-0.3, -0.25) is 9.78 Å². The van der Waals surface area contributed by atoms with Crippen LogP contribution in [-0.4, -0.2) is 30.0 Å². The highest BCUT2D eigenvalue weighted by Crippen LogP contribution is 2.16. The molecule has 1 amide bonds. The summed E-state index contributed by atoms with van der Waals surface area (Å²) in [5, 5.41) is 7.40. The number of nitrogens with zero attached hydrogens (tertiary/aromatic N) is 1. The van der Waals surface area contributed by atoms with Gasteiger partial charge in [0.15, 0.2) is 0 Å². The van der Waals surface area contributed by atoms with Crippen molar-refractivity contribution in [2.45, 2.75) is 18.9 Å². The minimum absolute atomic E-state index is 0.0174. The molecule has 4 nitrogen and oxygen atoms in total. The highest BCUT2D eigenvalue weighted by molar-refractivity contribution is 6.05. The average molecular weight is 255 g/mol. The van der Waals surface area contributed by atoms with E-state index in [1.807, 2.05) is 30.3 Å². The lowest BCUT2D eigenvalue weighted by molar-refractivity contribution is 0.0931. The van der Waals surface area contributed by atoms with E-state index in [-0.39, 0.29) is 11.9 Å². The number of nitrogens with one attached hydrogen (secondary N) is 2. The number of hydrogen-bond acceptors (Lipinski definition) is 3. The molecule has 1 aromatic carbocycles. The summed E-state index contributed by atoms with van der Waals surface area (Å²) < 4.78 is 0. The smallest absolute Gasteiger partial charge is 0.253 e. The van der Waals surface area contributed by atoms with Gasteiger partial charge in [-0.25, -0.2) is 0 Å². The van der Waals surface area contributed by atoms with Crippen LogP contribution in [0, 0.1) is 0 Å². The number of amides is 1. The Bertz CT molecular complexity index is 585. The van der Waals surface area contributed by atoms with Crippen LogP contribution >= 0.6 is 0 Å². The summed E-state index contributed by atoms with van der Waals surface area (Å²) in [4.78, 5) is 16.7. The van der Waals surface area contributed by atoms with Crippen LogP contribution in [0.2, 0.25) is 0 Å². The third-order valence-electron chi connectivity index (χ3n) is 3.55. The van der Waals surface area contributed by atoms with Gasteiger partial charge in [0.1, 0.15) is 0 Å². The Morgan fingerprint density at radius 1 is 1.21 bits per heavy atom. The molecule has 3 rings (SSSR count). The molecule has 0 atom stereocenters. The Kier molecular flexibility index (Phi) is 3.42. The monoisotopic (exact) mass is 255 g/mol. The lowest BCUT2D eigenvalue weighted by Gasteiger charge is -2.23. The summed E-state index contributed by atoms with van der Waals surface area (Å²) >= 11 is 0. The van der Waals surface area contributed by atoms with Gasteiger partial charge < -0.3 is 10.6 Å². The summed E-state index contributed by atoms with van der Waals surface area (Å²) in [7, 11) is 0. The number of aromatic nitrogens is 1. The first-order valence-electron chi connectivity index (χ1n) is 6.70. The van der Waals surface area contributed by atoms with Gasteiger partial charge in [0.2, 0.25) is 0 Å². The van der Waals surface area contributed by atoms with Crippen LogP contribution in [0.25, 0.3) is 10.9 Å². The molecule has 1 aliphatic heterocycles. The second kappa shape index (κ2) is 5.36. The molecular weight excluding hydrogens is 238 g/mol. The molecule has 2 aromatic rings. The summed E-state index contributed by atoms with van der Waals surface area (Å²) in [6.45, 7) is 1.94. The zero-order valence-electron chi connectivity index (χ0n) is 10.7.